The van der Waals surface area contributed by atoms with Crippen LogP contribution >= 0.6 is 0 Å². The van der Waals surface area contributed by atoms with E-state index in [0.717, 1.165) is 5.56 Å². The van der Waals surface area contributed by atoms with Gasteiger partial charge >= 0.3 is 0 Å². The normalized spacial score (nSPS) is 9.65. The lowest BCUT2D eigenvalue weighted by atomic mass is 10.3. The van der Waals surface area contributed by atoms with Crippen molar-refractivity contribution in [3.8, 4) is 6.07 Å². The molecule has 1 N–H and O–H groups in total. The Balaban J connectivity index is 2.10. The van der Waals surface area contributed by atoms with Gasteiger partial charge in [0.05, 0.1) is 0 Å². The Morgan fingerprint density at radius 1 is 1.29 bits per heavy atom. The SMILES string of the molecule is Cc1nc(C#N)cc(NCc2ccncc2)n1. The summed E-state index contributed by atoms with van der Waals surface area (Å²) in [6.45, 7) is 2.41. The molecule has 0 saturated carbocycles. The Morgan fingerprint density at radius 2 is 2.06 bits per heavy atom. The van der Waals surface area contributed by atoms with Gasteiger partial charge in [-0.2, -0.15) is 5.26 Å². The maximum atomic E-state index is 8.80. The van der Waals surface area contributed by atoms with E-state index in [-0.39, 0.29) is 0 Å². The van der Waals surface area contributed by atoms with Crippen molar-refractivity contribution in [2.45, 2.75) is 13.5 Å². The van der Waals surface area contributed by atoms with Gasteiger partial charge in [0.15, 0.2) is 0 Å². The van der Waals surface area contributed by atoms with Gasteiger partial charge in [0.25, 0.3) is 0 Å². The van der Waals surface area contributed by atoms with Gasteiger partial charge in [0, 0.05) is 25.0 Å². The van der Waals surface area contributed by atoms with Crippen LogP contribution in [0.25, 0.3) is 0 Å². The van der Waals surface area contributed by atoms with E-state index in [2.05, 4.69) is 20.3 Å². The number of hydrogen-bond acceptors (Lipinski definition) is 5. The summed E-state index contributed by atoms with van der Waals surface area (Å²) in [6, 6.07) is 7.48. The highest BCUT2D eigenvalue weighted by Crippen LogP contribution is 2.07. The second-order valence-corrected chi connectivity index (χ2v) is 3.51. The molecule has 5 nitrogen and oxygen atoms in total. The Hall–Kier alpha value is -2.48. The number of nitriles is 1. The summed E-state index contributed by atoms with van der Waals surface area (Å²) in [7, 11) is 0. The third-order valence-electron chi connectivity index (χ3n) is 2.18. The third kappa shape index (κ3) is 2.98. The number of pyridine rings is 1. The molecule has 0 aromatic carbocycles. The van der Waals surface area contributed by atoms with E-state index in [0.29, 0.717) is 23.9 Å². The molecule has 0 amide bonds. The molecular weight excluding hydrogens is 214 g/mol. The number of rotatable bonds is 3. The van der Waals surface area contributed by atoms with E-state index in [9.17, 15) is 0 Å². The molecule has 5 heteroatoms. The lowest BCUT2D eigenvalue weighted by Gasteiger charge is -2.06. The van der Waals surface area contributed by atoms with E-state index >= 15 is 0 Å². The molecule has 0 spiro atoms. The Kier molecular flexibility index (Phi) is 3.26. The van der Waals surface area contributed by atoms with Crippen LogP contribution in [0.15, 0.2) is 30.6 Å². The third-order valence-corrected chi connectivity index (χ3v) is 2.18. The Bertz CT molecular complexity index is 545. The number of nitrogens with zero attached hydrogens (tertiary/aromatic N) is 4. The van der Waals surface area contributed by atoms with Crippen molar-refractivity contribution in [2.24, 2.45) is 0 Å². The maximum absolute atomic E-state index is 8.80. The van der Waals surface area contributed by atoms with Crippen LogP contribution in [0.5, 0.6) is 0 Å². The Labute approximate surface area is 99.2 Å². The molecule has 84 valence electrons. The smallest absolute Gasteiger partial charge is 0.146 e. The minimum absolute atomic E-state index is 0.370. The first-order chi connectivity index (χ1) is 8.28. The van der Waals surface area contributed by atoms with Gasteiger partial charge in [0.1, 0.15) is 23.4 Å². The second-order valence-electron chi connectivity index (χ2n) is 3.51. The molecule has 2 aromatic heterocycles. The summed E-state index contributed by atoms with van der Waals surface area (Å²) >= 11 is 0. The van der Waals surface area contributed by atoms with Crippen LogP contribution in [-0.2, 0) is 6.54 Å². The average Bonchev–Trinajstić information content (AvgIpc) is 2.37. The Morgan fingerprint density at radius 3 is 2.76 bits per heavy atom. The standard InChI is InChI=1S/C12H11N5/c1-9-16-11(7-13)6-12(17-9)15-8-10-2-4-14-5-3-10/h2-6H,8H2,1H3,(H,15,16,17). The zero-order chi connectivity index (χ0) is 12.1. The van der Waals surface area contributed by atoms with Crippen molar-refractivity contribution in [1.29, 1.82) is 5.26 Å². The zero-order valence-electron chi connectivity index (χ0n) is 9.38. The van der Waals surface area contributed by atoms with E-state index in [1.165, 1.54) is 0 Å². The van der Waals surface area contributed by atoms with Crippen LogP contribution in [-0.4, -0.2) is 15.0 Å². The fourth-order valence-corrected chi connectivity index (χ4v) is 1.41. The molecule has 0 atom stereocenters. The van der Waals surface area contributed by atoms with Crippen molar-refractivity contribution >= 4 is 5.82 Å². The van der Waals surface area contributed by atoms with E-state index < -0.39 is 0 Å². The lowest BCUT2D eigenvalue weighted by Crippen LogP contribution is -2.04. The molecule has 2 heterocycles. The first-order valence-electron chi connectivity index (χ1n) is 5.16. The molecule has 0 saturated heterocycles. The van der Waals surface area contributed by atoms with Crippen molar-refractivity contribution in [1.82, 2.24) is 15.0 Å². The van der Waals surface area contributed by atoms with Crippen LogP contribution in [0.3, 0.4) is 0 Å². The van der Waals surface area contributed by atoms with Crippen molar-refractivity contribution in [3.63, 3.8) is 0 Å². The van der Waals surface area contributed by atoms with Crippen molar-refractivity contribution < 1.29 is 0 Å². The molecule has 0 aliphatic rings. The van der Waals surface area contributed by atoms with E-state index in [1.54, 1.807) is 25.4 Å². The largest absolute Gasteiger partial charge is 0.366 e. The van der Waals surface area contributed by atoms with Crippen LogP contribution in [0.4, 0.5) is 5.82 Å². The predicted molar refractivity (Wildman–Crippen MR) is 63.0 cm³/mol. The highest BCUT2D eigenvalue weighted by Gasteiger charge is 2.00. The predicted octanol–water partition coefficient (Wildman–Crippen LogP) is 1.66. The molecular formula is C12H11N5. The summed E-state index contributed by atoms with van der Waals surface area (Å²) in [5.74, 6) is 1.24. The van der Waals surface area contributed by atoms with Crippen LogP contribution < -0.4 is 5.32 Å². The first kappa shape index (κ1) is 11.0. The van der Waals surface area contributed by atoms with E-state index in [4.69, 9.17) is 5.26 Å². The number of hydrogen-bond donors (Lipinski definition) is 1. The van der Waals surface area contributed by atoms with E-state index in [1.807, 2.05) is 18.2 Å². The molecule has 2 aromatic rings. The topological polar surface area (TPSA) is 74.5 Å². The second kappa shape index (κ2) is 5.03. The van der Waals surface area contributed by atoms with Gasteiger partial charge in [0.2, 0.25) is 0 Å². The quantitative estimate of drug-likeness (QED) is 0.859. The molecule has 0 radical (unpaired) electrons. The van der Waals surface area contributed by atoms with Gasteiger partial charge in [-0.3, -0.25) is 4.98 Å². The highest BCUT2D eigenvalue weighted by molar-refractivity contribution is 5.40. The highest BCUT2D eigenvalue weighted by atomic mass is 15.0. The van der Waals surface area contributed by atoms with Gasteiger partial charge in [-0.15, -0.1) is 0 Å². The van der Waals surface area contributed by atoms with Crippen LogP contribution in [0.2, 0.25) is 0 Å². The average molecular weight is 225 g/mol. The summed E-state index contributed by atoms with van der Waals surface area (Å²) in [4.78, 5) is 12.1. The number of aryl methyl sites for hydroxylation is 1. The van der Waals surface area contributed by atoms with Gasteiger partial charge in [-0.05, 0) is 24.6 Å². The summed E-state index contributed by atoms with van der Waals surface area (Å²) < 4.78 is 0. The molecule has 0 aliphatic heterocycles. The van der Waals surface area contributed by atoms with Crippen molar-refractivity contribution in [2.75, 3.05) is 5.32 Å². The molecule has 17 heavy (non-hydrogen) atoms. The number of aromatic nitrogens is 3. The van der Waals surface area contributed by atoms with Gasteiger partial charge < -0.3 is 5.32 Å². The molecule has 0 bridgehead atoms. The van der Waals surface area contributed by atoms with Gasteiger partial charge in [-0.25, -0.2) is 9.97 Å². The van der Waals surface area contributed by atoms with Crippen LogP contribution in [0, 0.1) is 18.3 Å². The number of nitrogens with one attached hydrogen (secondary N) is 1. The summed E-state index contributed by atoms with van der Waals surface area (Å²) in [6.07, 6.45) is 3.48. The summed E-state index contributed by atoms with van der Waals surface area (Å²) in [5, 5.41) is 11.9. The summed E-state index contributed by atoms with van der Waals surface area (Å²) in [5.41, 5.74) is 1.48. The molecule has 2 rings (SSSR count). The minimum atomic E-state index is 0.370. The maximum Gasteiger partial charge on any atom is 0.146 e. The number of anilines is 1. The fraction of sp³-hybridized carbons (Fsp3) is 0.167. The zero-order valence-corrected chi connectivity index (χ0v) is 9.38. The van der Waals surface area contributed by atoms with Crippen LogP contribution in [0.1, 0.15) is 17.1 Å². The van der Waals surface area contributed by atoms with Gasteiger partial charge in [-0.1, -0.05) is 0 Å². The monoisotopic (exact) mass is 225 g/mol. The fourth-order valence-electron chi connectivity index (χ4n) is 1.41. The minimum Gasteiger partial charge on any atom is -0.366 e. The molecule has 0 fully saturated rings. The molecule has 0 aliphatic carbocycles. The first-order valence-corrected chi connectivity index (χ1v) is 5.16. The molecule has 0 unspecified atom stereocenters. The lowest BCUT2D eigenvalue weighted by molar-refractivity contribution is 1.01. The van der Waals surface area contributed by atoms with Crippen molar-refractivity contribution in [3.05, 3.63) is 47.7 Å².